The summed E-state index contributed by atoms with van der Waals surface area (Å²) in [5, 5.41) is 8.30. The Morgan fingerprint density at radius 3 is 2.64 bits per heavy atom. The summed E-state index contributed by atoms with van der Waals surface area (Å²) < 4.78 is 13.6. The zero-order chi connectivity index (χ0) is 9.84. The average molecular weight is 282 g/mol. The second kappa shape index (κ2) is 5.78. The van der Waals surface area contributed by atoms with Crippen molar-refractivity contribution >= 4 is 40.4 Å². The molecule has 0 fully saturated rings. The van der Waals surface area contributed by atoms with Crippen LogP contribution in [0.4, 0.5) is 4.39 Å². The number of rotatable bonds is 2. The minimum atomic E-state index is -1.10. The van der Waals surface area contributed by atoms with Gasteiger partial charge in [-0.05, 0) is 18.2 Å². The third-order valence-electron chi connectivity index (χ3n) is 1.37. The van der Waals surface area contributed by atoms with Crippen molar-refractivity contribution in [3.63, 3.8) is 0 Å². The molecular weight excluding hydrogens is 274 g/mol. The molecule has 1 aromatic carbocycles. The Balaban J connectivity index is 0.00000169. The first-order valence-electron chi connectivity index (χ1n) is 3.45. The molecule has 0 heterocycles. The lowest BCUT2D eigenvalue weighted by Gasteiger charge is -1.96. The average Bonchev–Trinajstić information content (AvgIpc) is 2.02. The molecule has 0 atom stereocenters. The van der Waals surface area contributed by atoms with Crippen LogP contribution >= 0.6 is 28.3 Å². The monoisotopic (exact) mass is 280 g/mol. The number of hydrogen-bond donors (Lipinski definition) is 1. The van der Waals surface area contributed by atoms with Gasteiger partial charge in [0.1, 0.15) is 5.82 Å². The number of halogens is 3. The standard InChI is InChI=1S/C9H6BrFO2.ClH/c10-7-3-1-6(8(11)5-7)2-4-9(12)13;/h1-5H,(H,12,13);1H. The molecule has 0 spiro atoms. The van der Waals surface area contributed by atoms with Crippen LogP contribution in [0, 0.1) is 5.82 Å². The van der Waals surface area contributed by atoms with Gasteiger partial charge in [-0.1, -0.05) is 22.0 Å². The van der Waals surface area contributed by atoms with E-state index in [0.717, 1.165) is 6.08 Å². The molecule has 0 aliphatic heterocycles. The molecular formula is C9H7BrClFO2. The van der Waals surface area contributed by atoms with Gasteiger partial charge in [0, 0.05) is 16.1 Å². The van der Waals surface area contributed by atoms with Crippen molar-refractivity contribution in [2.75, 3.05) is 0 Å². The fourth-order valence-corrected chi connectivity index (χ4v) is 1.13. The summed E-state index contributed by atoms with van der Waals surface area (Å²) in [6.45, 7) is 0. The highest BCUT2D eigenvalue weighted by molar-refractivity contribution is 9.10. The van der Waals surface area contributed by atoms with Gasteiger partial charge in [-0.3, -0.25) is 0 Å². The number of carboxylic acids is 1. The van der Waals surface area contributed by atoms with Crippen LogP contribution in [-0.4, -0.2) is 11.1 Å². The first kappa shape index (κ1) is 13.1. The Morgan fingerprint density at radius 1 is 1.50 bits per heavy atom. The molecule has 14 heavy (non-hydrogen) atoms. The maximum atomic E-state index is 13.0. The maximum Gasteiger partial charge on any atom is 0.328 e. The molecule has 0 aliphatic rings. The minimum absolute atomic E-state index is 0. The SMILES string of the molecule is Cl.O=C(O)C=Cc1ccc(Br)cc1F. The van der Waals surface area contributed by atoms with E-state index in [1.165, 1.54) is 18.2 Å². The highest BCUT2D eigenvalue weighted by Gasteiger charge is 1.98. The number of hydrogen-bond acceptors (Lipinski definition) is 1. The second-order valence-corrected chi connectivity index (χ2v) is 3.25. The van der Waals surface area contributed by atoms with E-state index in [-0.39, 0.29) is 18.0 Å². The lowest BCUT2D eigenvalue weighted by Crippen LogP contribution is -1.87. The molecule has 0 amide bonds. The van der Waals surface area contributed by atoms with E-state index in [4.69, 9.17) is 5.11 Å². The van der Waals surface area contributed by atoms with Crippen molar-refractivity contribution in [1.82, 2.24) is 0 Å². The van der Waals surface area contributed by atoms with Gasteiger partial charge in [0.2, 0.25) is 0 Å². The maximum absolute atomic E-state index is 13.0. The zero-order valence-corrected chi connectivity index (χ0v) is 9.31. The van der Waals surface area contributed by atoms with Gasteiger partial charge < -0.3 is 5.11 Å². The van der Waals surface area contributed by atoms with E-state index in [9.17, 15) is 9.18 Å². The minimum Gasteiger partial charge on any atom is -0.478 e. The summed E-state index contributed by atoms with van der Waals surface area (Å²) >= 11 is 3.10. The van der Waals surface area contributed by atoms with Crippen LogP contribution < -0.4 is 0 Å². The van der Waals surface area contributed by atoms with Crippen molar-refractivity contribution in [3.8, 4) is 0 Å². The predicted molar refractivity (Wildman–Crippen MR) is 58.0 cm³/mol. The molecule has 0 saturated carbocycles. The van der Waals surface area contributed by atoms with E-state index in [2.05, 4.69) is 15.9 Å². The van der Waals surface area contributed by atoms with Crippen LogP contribution in [0.5, 0.6) is 0 Å². The molecule has 0 saturated heterocycles. The van der Waals surface area contributed by atoms with Crippen LogP contribution in [0.25, 0.3) is 6.08 Å². The summed E-state index contributed by atoms with van der Waals surface area (Å²) in [6, 6.07) is 4.42. The smallest absolute Gasteiger partial charge is 0.328 e. The summed E-state index contributed by atoms with van der Waals surface area (Å²) in [6.07, 6.45) is 2.11. The van der Waals surface area contributed by atoms with E-state index in [1.54, 1.807) is 6.07 Å². The van der Waals surface area contributed by atoms with Crippen LogP contribution in [-0.2, 0) is 4.79 Å². The molecule has 0 bridgehead atoms. The van der Waals surface area contributed by atoms with Gasteiger partial charge in [-0.2, -0.15) is 0 Å². The summed E-state index contributed by atoms with van der Waals surface area (Å²) in [5.74, 6) is -1.55. The van der Waals surface area contributed by atoms with E-state index >= 15 is 0 Å². The lowest BCUT2D eigenvalue weighted by molar-refractivity contribution is -0.131. The van der Waals surface area contributed by atoms with E-state index in [1.807, 2.05) is 0 Å². The number of carbonyl (C=O) groups is 1. The van der Waals surface area contributed by atoms with Crippen LogP contribution in [0.1, 0.15) is 5.56 Å². The van der Waals surface area contributed by atoms with Crippen molar-refractivity contribution in [2.45, 2.75) is 0 Å². The second-order valence-electron chi connectivity index (χ2n) is 2.34. The first-order valence-corrected chi connectivity index (χ1v) is 4.25. The third-order valence-corrected chi connectivity index (χ3v) is 1.86. The van der Waals surface area contributed by atoms with Gasteiger partial charge >= 0.3 is 5.97 Å². The van der Waals surface area contributed by atoms with Gasteiger partial charge in [0.15, 0.2) is 0 Å². The molecule has 1 rings (SSSR count). The molecule has 0 aliphatic carbocycles. The first-order chi connectivity index (χ1) is 6.09. The van der Waals surface area contributed by atoms with Gasteiger partial charge in [0.25, 0.3) is 0 Å². The fourth-order valence-electron chi connectivity index (χ4n) is 0.798. The summed E-state index contributed by atoms with van der Waals surface area (Å²) in [7, 11) is 0. The normalized spacial score (nSPS) is 9.86. The van der Waals surface area contributed by atoms with Crippen molar-refractivity contribution < 1.29 is 14.3 Å². The number of carboxylic acid groups (broad SMARTS) is 1. The summed E-state index contributed by atoms with van der Waals surface area (Å²) in [5.41, 5.74) is 0.255. The highest BCUT2D eigenvalue weighted by Crippen LogP contribution is 2.16. The number of aliphatic carboxylic acids is 1. The van der Waals surface area contributed by atoms with Crippen LogP contribution in [0.15, 0.2) is 28.7 Å². The predicted octanol–water partition coefficient (Wildman–Crippen LogP) is 3.11. The van der Waals surface area contributed by atoms with Crippen molar-refractivity contribution in [3.05, 3.63) is 40.1 Å². The molecule has 2 nitrogen and oxygen atoms in total. The number of benzene rings is 1. The van der Waals surface area contributed by atoms with Gasteiger partial charge in [-0.25, -0.2) is 9.18 Å². The molecule has 76 valence electrons. The fraction of sp³-hybridized carbons (Fsp3) is 0. The van der Waals surface area contributed by atoms with Crippen LogP contribution in [0.3, 0.4) is 0 Å². The molecule has 5 heteroatoms. The molecule has 0 radical (unpaired) electrons. The topological polar surface area (TPSA) is 37.3 Å². The molecule has 0 aromatic heterocycles. The molecule has 0 unspecified atom stereocenters. The largest absolute Gasteiger partial charge is 0.478 e. The van der Waals surface area contributed by atoms with Crippen molar-refractivity contribution in [2.24, 2.45) is 0 Å². The summed E-state index contributed by atoms with van der Waals surface area (Å²) in [4.78, 5) is 10.1. The highest BCUT2D eigenvalue weighted by atomic mass is 79.9. The third kappa shape index (κ3) is 3.89. The Hall–Kier alpha value is -0.870. The van der Waals surface area contributed by atoms with E-state index < -0.39 is 11.8 Å². The molecule has 1 N–H and O–H groups in total. The van der Waals surface area contributed by atoms with Crippen LogP contribution in [0.2, 0.25) is 0 Å². The van der Waals surface area contributed by atoms with Gasteiger partial charge in [0.05, 0.1) is 0 Å². The Kier molecular flexibility index (Phi) is 5.42. The van der Waals surface area contributed by atoms with Crippen molar-refractivity contribution in [1.29, 1.82) is 0 Å². The molecule has 1 aromatic rings. The lowest BCUT2D eigenvalue weighted by atomic mass is 10.2. The quantitative estimate of drug-likeness (QED) is 0.846. The van der Waals surface area contributed by atoms with E-state index in [0.29, 0.717) is 4.47 Å². The Labute approximate surface area is 95.0 Å². The van der Waals surface area contributed by atoms with Gasteiger partial charge in [-0.15, -0.1) is 12.4 Å². The Bertz CT molecular complexity index is 366. The zero-order valence-electron chi connectivity index (χ0n) is 6.91. The Morgan fingerprint density at radius 2 is 2.14 bits per heavy atom.